The van der Waals surface area contributed by atoms with Gasteiger partial charge in [-0.3, -0.25) is 19.5 Å². The predicted molar refractivity (Wildman–Crippen MR) is 222 cm³/mol. The summed E-state index contributed by atoms with van der Waals surface area (Å²) in [7, 11) is 2.18. The van der Waals surface area contributed by atoms with Gasteiger partial charge in [0, 0.05) is 84.9 Å². The van der Waals surface area contributed by atoms with E-state index in [0.717, 1.165) is 83.8 Å². The minimum atomic E-state index is -0.363. The van der Waals surface area contributed by atoms with Gasteiger partial charge in [-0.05, 0) is 91.6 Å². The first-order valence-corrected chi connectivity index (χ1v) is 19.8. The van der Waals surface area contributed by atoms with Crippen molar-refractivity contribution in [1.82, 2.24) is 30.1 Å². The van der Waals surface area contributed by atoms with Crippen LogP contribution in [0.1, 0.15) is 25.6 Å². The normalized spacial score (nSPS) is 13.3. The van der Waals surface area contributed by atoms with Gasteiger partial charge in [-0.25, -0.2) is 9.97 Å². The fourth-order valence-corrected chi connectivity index (χ4v) is 7.71. The highest BCUT2D eigenvalue weighted by Crippen LogP contribution is 2.32. The Balaban J connectivity index is 0.905. The minimum Gasteiger partial charge on any atom is -0.492 e. The van der Waals surface area contributed by atoms with Crippen molar-refractivity contribution in [2.75, 3.05) is 75.4 Å². The molecule has 0 atom stereocenters. The molecule has 55 heavy (non-hydrogen) atoms. The number of amides is 2. The van der Waals surface area contributed by atoms with E-state index < -0.39 is 0 Å². The molecule has 1 saturated heterocycles. The molecule has 1 aliphatic rings. The highest BCUT2D eigenvalue weighted by molar-refractivity contribution is 7.22. The maximum atomic E-state index is 13.3. The Bertz CT molecular complexity index is 2200. The number of ether oxygens (including phenoxy) is 1. The maximum Gasteiger partial charge on any atom is 0.265 e. The van der Waals surface area contributed by atoms with Crippen molar-refractivity contribution < 1.29 is 14.3 Å². The molecule has 0 aliphatic carbocycles. The summed E-state index contributed by atoms with van der Waals surface area (Å²) in [4.78, 5) is 47.2. The van der Waals surface area contributed by atoms with Crippen molar-refractivity contribution in [1.29, 1.82) is 0 Å². The van der Waals surface area contributed by atoms with Crippen LogP contribution in [0.3, 0.4) is 0 Å². The summed E-state index contributed by atoms with van der Waals surface area (Å²) in [6.45, 7) is 9.90. The largest absolute Gasteiger partial charge is 0.492 e. The first-order valence-electron chi connectivity index (χ1n) is 18.1. The maximum absolute atomic E-state index is 13.3. The van der Waals surface area contributed by atoms with Crippen LogP contribution >= 0.6 is 22.7 Å². The van der Waals surface area contributed by atoms with E-state index in [1.165, 1.54) is 23.7 Å². The van der Waals surface area contributed by atoms with E-state index in [0.29, 0.717) is 34.4 Å². The summed E-state index contributed by atoms with van der Waals surface area (Å²) in [5, 5.41) is 14.6. The molecule has 14 heteroatoms. The van der Waals surface area contributed by atoms with Crippen molar-refractivity contribution in [3.63, 3.8) is 0 Å². The highest BCUT2D eigenvalue weighted by atomic mass is 32.1. The third kappa shape index (κ3) is 10.4. The Morgan fingerprint density at radius 2 is 1.69 bits per heavy atom. The lowest BCUT2D eigenvalue weighted by Crippen LogP contribution is -2.46. The van der Waals surface area contributed by atoms with E-state index in [2.05, 4.69) is 48.1 Å². The van der Waals surface area contributed by atoms with E-state index in [-0.39, 0.29) is 11.8 Å². The number of thiophene rings is 2. The second-order valence-electron chi connectivity index (χ2n) is 13.2. The third-order valence-corrected chi connectivity index (χ3v) is 11.3. The van der Waals surface area contributed by atoms with Crippen LogP contribution in [0.5, 0.6) is 5.75 Å². The number of nitrogens with one attached hydrogen (secondary N) is 4. The van der Waals surface area contributed by atoms with Crippen LogP contribution in [0.4, 0.5) is 23.0 Å². The molecule has 7 rings (SSSR count). The molecule has 5 heterocycles. The van der Waals surface area contributed by atoms with E-state index >= 15 is 0 Å². The molecule has 12 nitrogen and oxygen atoms in total. The van der Waals surface area contributed by atoms with Crippen molar-refractivity contribution in [2.45, 2.75) is 6.92 Å². The fourth-order valence-electron chi connectivity index (χ4n) is 5.97. The zero-order valence-electron chi connectivity index (χ0n) is 30.7. The van der Waals surface area contributed by atoms with Crippen molar-refractivity contribution in [2.24, 2.45) is 0 Å². The Hall–Kier alpha value is -5.51. The number of aromatic nitrogens is 3. The number of hydrogen-bond acceptors (Lipinski definition) is 12. The van der Waals surface area contributed by atoms with Crippen LogP contribution in [-0.4, -0.2) is 96.0 Å². The van der Waals surface area contributed by atoms with Gasteiger partial charge in [0.05, 0.1) is 28.0 Å². The third-order valence-electron chi connectivity index (χ3n) is 9.15. The number of anilines is 4. The van der Waals surface area contributed by atoms with Gasteiger partial charge >= 0.3 is 0 Å². The van der Waals surface area contributed by atoms with E-state index in [9.17, 15) is 9.59 Å². The number of carbonyl (C=O) groups excluding carboxylic acids is 2. The van der Waals surface area contributed by atoms with E-state index in [4.69, 9.17) is 9.72 Å². The van der Waals surface area contributed by atoms with Gasteiger partial charge in [-0.15, -0.1) is 22.7 Å². The van der Waals surface area contributed by atoms with Crippen molar-refractivity contribution in [3.05, 3.63) is 119 Å². The first kappa shape index (κ1) is 37.8. The number of aryl methyl sites for hydroxylation is 1. The summed E-state index contributed by atoms with van der Waals surface area (Å²) in [5.74, 6) is 0.608. The van der Waals surface area contributed by atoms with Crippen molar-refractivity contribution >= 4 is 57.5 Å². The number of pyridine rings is 1. The van der Waals surface area contributed by atoms with Crippen LogP contribution in [-0.2, 0) is 0 Å². The molecule has 0 unspecified atom stereocenters. The minimum absolute atomic E-state index is 0.259. The van der Waals surface area contributed by atoms with Gasteiger partial charge in [-0.1, -0.05) is 12.1 Å². The second-order valence-corrected chi connectivity index (χ2v) is 15.2. The van der Waals surface area contributed by atoms with Crippen molar-refractivity contribution in [3.8, 4) is 26.8 Å². The lowest BCUT2D eigenvalue weighted by atomic mass is 10.1. The Kier molecular flexibility index (Phi) is 12.5. The monoisotopic (exact) mass is 773 g/mol. The van der Waals surface area contributed by atoms with Gasteiger partial charge in [-0.2, -0.15) is 0 Å². The van der Waals surface area contributed by atoms with Crippen LogP contribution in [0.15, 0.2) is 103 Å². The lowest BCUT2D eigenvalue weighted by molar-refractivity contribution is 0.101. The lowest BCUT2D eigenvalue weighted by Gasteiger charge is -2.32. The zero-order valence-corrected chi connectivity index (χ0v) is 32.4. The quantitative estimate of drug-likeness (QED) is 0.0801. The van der Waals surface area contributed by atoms with Gasteiger partial charge in [0.1, 0.15) is 12.4 Å². The smallest absolute Gasteiger partial charge is 0.265 e. The Morgan fingerprint density at radius 3 is 2.51 bits per heavy atom. The summed E-state index contributed by atoms with van der Waals surface area (Å²) < 4.78 is 5.96. The van der Waals surface area contributed by atoms with Gasteiger partial charge in [0.15, 0.2) is 0 Å². The molecule has 0 saturated carbocycles. The van der Waals surface area contributed by atoms with Crippen LogP contribution < -0.4 is 26.0 Å². The van der Waals surface area contributed by atoms with Gasteiger partial charge < -0.3 is 30.9 Å². The molecule has 2 amide bonds. The molecule has 0 radical (unpaired) electrons. The summed E-state index contributed by atoms with van der Waals surface area (Å²) >= 11 is 3.04. The number of nitrogens with zero attached hydrogens (tertiary/aromatic N) is 5. The average Bonchev–Trinajstić information content (AvgIpc) is 3.93. The molecule has 6 aromatic rings. The molecule has 4 aromatic heterocycles. The molecule has 0 bridgehead atoms. The predicted octanol–water partition coefficient (Wildman–Crippen LogP) is 7.10. The first-order chi connectivity index (χ1) is 26.9. The highest BCUT2D eigenvalue weighted by Gasteiger charge is 2.15. The number of benzene rings is 2. The van der Waals surface area contributed by atoms with Gasteiger partial charge in [0.2, 0.25) is 5.95 Å². The molecular formula is C41H43N9O3S2. The number of rotatable bonds is 15. The number of carbonyl (C=O) groups is 2. The van der Waals surface area contributed by atoms with Crippen LogP contribution in [0.25, 0.3) is 21.0 Å². The molecule has 2 aromatic carbocycles. The summed E-state index contributed by atoms with van der Waals surface area (Å²) in [6, 6.07) is 24.7. The topological polar surface area (TPSA) is 137 Å². The summed E-state index contributed by atoms with van der Waals surface area (Å²) in [6.07, 6.45) is 4.69. The molecule has 1 aliphatic heterocycles. The fraction of sp³-hybridized carbons (Fsp3) is 0.244. The van der Waals surface area contributed by atoms with E-state index in [1.54, 1.807) is 29.7 Å². The molecular weight excluding hydrogens is 731 g/mol. The number of likely N-dealkylation sites (N-methyl/N-ethyl adjacent to an activating group) is 1. The average molecular weight is 774 g/mol. The van der Waals surface area contributed by atoms with Crippen LogP contribution in [0, 0.1) is 6.92 Å². The molecule has 0 spiro atoms. The molecule has 4 N–H and O–H groups in total. The summed E-state index contributed by atoms with van der Waals surface area (Å²) in [5.41, 5.74) is 4.69. The molecule has 282 valence electrons. The zero-order chi connectivity index (χ0) is 38.0. The van der Waals surface area contributed by atoms with Crippen LogP contribution in [0.2, 0.25) is 0 Å². The Labute approximate surface area is 328 Å². The molecule has 1 fully saturated rings. The van der Waals surface area contributed by atoms with Gasteiger partial charge in [0.25, 0.3) is 11.8 Å². The number of hydrogen-bond donors (Lipinski definition) is 4. The standard InChI is InChI=1S/C41H43N9O3S2/c1-28-5-8-31(45-39(51)30-24-32(27-43-26-30)46-40(52)38-12-11-37(55-38)36-4-3-23-54-36)25-35(28)48-41-44-14-13-34(47-41)29-6-9-33(10-7-29)53-22-16-42-15-17-50-20-18-49(2)19-21-50/h3-14,23-27,42H,15-22H2,1-2H3,(H,45,51)(H,46,52)(H,44,47,48). The SMILES string of the molecule is Cc1ccc(NC(=O)c2cncc(NC(=O)c3ccc(-c4cccs4)s3)c2)cc1Nc1nccc(-c2ccc(OCCNCCN3CCN(C)CC3)cc2)n1. The number of piperazine rings is 1. The van der Waals surface area contributed by atoms with E-state index in [1.807, 2.05) is 79.0 Å². The second kappa shape index (κ2) is 18.2. The Morgan fingerprint density at radius 1 is 0.855 bits per heavy atom.